The Hall–Kier alpha value is -1.41. The van der Waals surface area contributed by atoms with E-state index in [0.29, 0.717) is 36.7 Å². The summed E-state index contributed by atoms with van der Waals surface area (Å²) in [5.41, 5.74) is 0.687. The number of hydroxylamine groups is 2. The highest BCUT2D eigenvalue weighted by Gasteiger charge is 2.21. The lowest BCUT2D eigenvalue weighted by Crippen LogP contribution is -2.48. The number of hydrogen-bond donors (Lipinski definition) is 1. The molecule has 0 bridgehead atoms. The highest BCUT2D eigenvalue weighted by Crippen LogP contribution is 2.21. The highest BCUT2D eigenvalue weighted by atomic mass is 35.5. The van der Waals surface area contributed by atoms with Gasteiger partial charge in [-0.05, 0) is 18.2 Å². The number of halogens is 1. The van der Waals surface area contributed by atoms with Crippen LogP contribution in [0.15, 0.2) is 23.0 Å². The molecular formula is C13H14ClN3O3S. The van der Waals surface area contributed by atoms with Gasteiger partial charge in [-0.1, -0.05) is 22.9 Å². The average Bonchev–Trinajstić information content (AvgIpc) is 2.76. The van der Waals surface area contributed by atoms with E-state index in [-0.39, 0.29) is 17.3 Å². The number of carbonyl (C=O) groups is 1. The maximum absolute atomic E-state index is 12.3. The molecule has 0 atom stereocenters. The summed E-state index contributed by atoms with van der Waals surface area (Å²) in [6.07, 6.45) is 0. The second kappa shape index (κ2) is 5.76. The third-order valence-electron chi connectivity index (χ3n) is 3.53. The van der Waals surface area contributed by atoms with Gasteiger partial charge in [0.05, 0.1) is 10.2 Å². The minimum absolute atomic E-state index is 0.00457. The summed E-state index contributed by atoms with van der Waals surface area (Å²) in [4.78, 5) is 25.8. The van der Waals surface area contributed by atoms with Crippen molar-refractivity contribution >= 4 is 39.1 Å². The van der Waals surface area contributed by atoms with Gasteiger partial charge in [0, 0.05) is 31.2 Å². The lowest BCUT2D eigenvalue weighted by Gasteiger charge is -2.31. The SMILES string of the molecule is O=C(Cn1c(=O)sc2ccc(Cl)cc21)N1CCN(O)CC1. The van der Waals surface area contributed by atoms with E-state index in [1.54, 1.807) is 23.1 Å². The first-order valence-corrected chi connectivity index (χ1v) is 7.74. The fourth-order valence-electron chi connectivity index (χ4n) is 2.37. The highest BCUT2D eigenvalue weighted by molar-refractivity contribution is 7.16. The summed E-state index contributed by atoms with van der Waals surface area (Å²) in [6, 6.07) is 5.22. The largest absolute Gasteiger partial charge is 0.338 e. The summed E-state index contributed by atoms with van der Waals surface area (Å²) < 4.78 is 2.27. The Morgan fingerprint density at radius 1 is 1.29 bits per heavy atom. The molecule has 1 aromatic carbocycles. The average molecular weight is 328 g/mol. The second-order valence-corrected chi connectivity index (χ2v) is 6.33. The van der Waals surface area contributed by atoms with Crippen LogP contribution >= 0.6 is 22.9 Å². The Morgan fingerprint density at radius 3 is 2.71 bits per heavy atom. The number of fused-ring (bicyclic) bond motifs is 1. The van der Waals surface area contributed by atoms with Crippen molar-refractivity contribution in [2.45, 2.75) is 6.54 Å². The monoisotopic (exact) mass is 327 g/mol. The molecular weight excluding hydrogens is 314 g/mol. The van der Waals surface area contributed by atoms with E-state index in [1.165, 1.54) is 9.63 Å². The van der Waals surface area contributed by atoms with E-state index < -0.39 is 0 Å². The zero-order valence-electron chi connectivity index (χ0n) is 11.2. The smallest absolute Gasteiger partial charge is 0.308 e. The topological polar surface area (TPSA) is 65.8 Å². The Kier molecular flexibility index (Phi) is 3.99. The molecule has 1 amide bonds. The Balaban J connectivity index is 1.84. The Labute approximate surface area is 129 Å². The normalized spacial score (nSPS) is 16.6. The number of amides is 1. The van der Waals surface area contributed by atoms with E-state index in [0.717, 1.165) is 16.0 Å². The molecule has 0 saturated carbocycles. The van der Waals surface area contributed by atoms with Crippen LogP contribution < -0.4 is 4.87 Å². The molecule has 0 spiro atoms. The molecule has 112 valence electrons. The first-order valence-electron chi connectivity index (χ1n) is 6.55. The van der Waals surface area contributed by atoms with Gasteiger partial charge in [-0.25, -0.2) is 0 Å². The summed E-state index contributed by atoms with van der Waals surface area (Å²) in [5.74, 6) is -0.120. The van der Waals surface area contributed by atoms with E-state index >= 15 is 0 Å². The van der Waals surface area contributed by atoms with Crippen molar-refractivity contribution in [3.05, 3.63) is 32.9 Å². The molecule has 2 heterocycles. The van der Waals surface area contributed by atoms with Gasteiger partial charge in [0.2, 0.25) is 5.91 Å². The molecule has 0 radical (unpaired) electrons. The third kappa shape index (κ3) is 2.96. The Bertz CT molecular complexity index is 734. The number of thiazole rings is 1. The molecule has 1 aromatic heterocycles. The maximum Gasteiger partial charge on any atom is 0.308 e. The number of hydrogen-bond acceptors (Lipinski definition) is 5. The van der Waals surface area contributed by atoms with Crippen molar-refractivity contribution in [2.24, 2.45) is 0 Å². The predicted octanol–water partition coefficient (Wildman–Crippen LogP) is 1.25. The fraction of sp³-hybridized carbons (Fsp3) is 0.385. The molecule has 1 aliphatic rings. The fourth-order valence-corrected chi connectivity index (χ4v) is 3.40. The predicted molar refractivity (Wildman–Crippen MR) is 81.0 cm³/mol. The van der Waals surface area contributed by atoms with Crippen LogP contribution in [0, 0.1) is 0 Å². The summed E-state index contributed by atoms with van der Waals surface area (Å²) in [5, 5.41) is 11.0. The zero-order valence-corrected chi connectivity index (χ0v) is 12.7. The van der Waals surface area contributed by atoms with Crippen molar-refractivity contribution < 1.29 is 10.0 Å². The van der Waals surface area contributed by atoms with Crippen molar-refractivity contribution in [3.63, 3.8) is 0 Å². The number of nitrogens with zero attached hydrogens (tertiary/aromatic N) is 3. The van der Waals surface area contributed by atoms with Crippen LogP contribution in [-0.2, 0) is 11.3 Å². The number of aromatic nitrogens is 1. The standard InChI is InChI=1S/C13H14ClN3O3S/c14-9-1-2-11-10(7-9)17(13(19)21-11)8-12(18)15-3-5-16(20)6-4-15/h1-2,7,20H,3-6,8H2. The van der Waals surface area contributed by atoms with Gasteiger partial charge in [0.15, 0.2) is 0 Å². The molecule has 8 heteroatoms. The molecule has 0 unspecified atom stereocenters. The van der Waals surface area contributed by atoms with Gasteiger partial charge in [0.25, 0.3) is 0 Å². The van der Waals surface area contributed by atoms with Crippen molar-refractivity contribution in [2.75, 3.05) is 26.2 Å². The first kappa shape index (κ1) is 14.5. The van der Waals surface area contributed by atoms with Gasteiger partial charge >= 0.3 is 4.87 Å². The van der Waals surface area contributed by atoms with Gasteiger partial charge < -0.3 is 10.1 Å². The van der Waals surface area contributed by atoms with Crippen LogP contribution in [0.5, 0.6) is 0 Å². The summed E-state index contributed by atoms with van der Waals surface area (Å²) >= 11 is 7.07. The number of rotatable bonds is 2. The summed E-state index contributed by atoms with van der Waals surface area (Å²) in [7, 11) is 0. The maximum atomic E-state index is 12.3. The molecule has 3 rings (SSSR count). The van der Waals surface area contributed by atoms with Crippen molar-refractivity contribution in [3.8, 4) is 0 Å². The molecule has 1 saturated heterocycles. The van der Waals surface area contributed by atoms with Crippen LogP contribution in [0.4, 0.5) is 0 Å². The number of piperazine rings is 1. The number of benzene rings is 1. The van der Waals surface area contributed by atoms with E-state index in [1.807, 2.05) is 0 Å². The van der Waals surface area contributed by atoms with Crippen LogP contribution in [0.25, 0.3) is 10.2 Å². The van der Waals surface area contributed by atoms with E-state index in [4.69, 9.17) is 11.6 Å². The van der Waals surface area contributed by atoms with Crippen LogP contribution in [0.1, 0.15) is 0 Å². The van der Waals surface area contributed by atoms with E-state index in [2.05, 4.69) is 0 Å². The lowest BCUT2D eigenvalue weighted by atomic mass is 10.3. The number of carbonyl (C=O) groups excluding carboxylic acids is 1. The van der Waals surface area contributed by atoms with Crippen molar-refractivity contribution in [1.82, 2.24) is 14.5 Å². The molecule has 1 aliphatic heterocycles. The van der Waals surface area contributed by atoms with Crippen LogP contribution in [0.3, 0.4) is 0 Å². The second-order valence-electron chi connectivity index (χ2n) is 4.90. The van der Waals surface area contributed by atoms with Gasteiger partial charge in [0.1, 0.15) is 6.54 Å². The summed E-state index contributed by atoms with van der Waals surface area (Å²) in [6.45, 7) is 1.79. The van der Waals surface area contributed by atoms with Gasteiger partial charge in [-0.15, -0.1) is 0 Å². The molecule has 6 nitrogen and oxygen atoms in total. The first-order chi connectivity index (χ1) is 10.0. The lowest BCUT2D eigenvalue weighted by molar-refractivity contribution is -0.146. The third-order valence-corrected chi connectivity index (χ3v) is 4.73. The van der Waals surface area contributed by atoms with Gasteiger partial charge in [-0.2, -0.15) is 5.06 Å². The van der Waals surface area contributed by atoms with Gasteiger partial charge in [-0.3, -0.25) is 14.2 Å². The van der Waals surface area contributed by atoms with Crippen molar-refractivity contribution in [1.29, 1.82) is 0 Å². The molecule has 2 aromatic rings. The van der Waals surface area contributed by atoms with E-state index in [9.17, 15) is 14.8 Å². The van der Waals surface area contributed by atoms with Crippen LogP contribution in [0.2, 0.25) is 5.02 Å². The minimum atomic E-state index is -0.165. The Morgan fingerprint density at radius 2 is 2.00 bits per heavy atom. The minimum Gasteiger partial charge on any atom is -0.338 e. The molecule has 1 N–H and O–H groups in total. The zero-order chi connectivity index (χ0) is 15.0. The molecule has 0 aliphatic carbocycles. The quantitative estimate of drug-likeness (QED) is 0.901. The van der Waals surface area contributed by atoms with Crippen LogP contribution in [-0.4, -0.2) is 51.8 Å². The molecule has 1 fully saturated rings. The molecule has 21 heavy (non-hydrogen) atoms.